The van der Waals surface area contributed by atoms with Crippen molar-refractivity contribution in [1.82, 2.24) is 10.4 Å². The second kappa shape index (κ2) is 8.41. The number of rotatable bonds is 5. The van der Waals surface area contributed by atoms with Crippen LogP contribution in [-0.2, 0) is 11.2 Å². The van der Waals surface area contributed by atoms with Crippen molar-refractivity contribution >= 4 is 35.1 Å². The number of fused-ring (bicyclic) bond motifs is 1. The number of thiazole rings is 1. The molecule has 0 saturated carbocycles. The highest BCUT2D eigenvalue weighted by Crippen LogP contribution is 2.37. The van der Waals surface area contributed by atoms with E-state index < -0.39 is 0 Å². The van der Waals surface area contributed by atoms with Gasteiger partial charge in [-0.2, -0.15) is 5.10 Å². The Balaban J connectivity index is 1.36. The number of amides is 1. The Bertz CT molecular complexity index is 1020. The molecule has 2 aromatic carbocycles. The molecule has 2 heterocycles. The maximum atomic E-state index is 12.1. The number of hydrogen-bond donors (Lipinski definition) is 1. The van der Waals surface area contributed by atoms with Crippen LogP contribution in [0.15, 0.2) is 52.9 Å². The number of nitrogens with zero attached hydrogens (tertiary/aromatic N) is 2. The Hall–Kier alpha value is -2.90. The van der Waals surface area contributed by atoms with Crippen molar-refractivity contribution in [1.29, 1.82) is 0 Å². The average molecular weight is 414 g/mol. The molecule has 8 heteroatoms. The minimum atomic E-state index is -0.242. The summed E-state index contributed by atoms with van der Waals surface area (Å²) in [5.41, 5.74) is 5.10. The van der Waals surface area contributed by atoms with Crippen LogP contribution < -0.4 is 14.9 Å². The minimum absolute atomic E-state index is 0.163. The SMILES string of the molecule is O=C(Cc1nc(-c2ccccc2)cs1)N/N=C\c1cc(Cl)c2c(c1)OCCO2. The van der Waals surface area contributed by atoms with Crippen LogP contribution in [0.25, 0.3) is 11.3 Å². The summed E-state index contributed by atoms with van der Waals surface area (Å²) in [5.74, 6) is 0.865. The molecule has 6 nitrogen and oxygen atoms in total. The summed E-state index contributed by atoms with van der Waals surface area (Å²) in [6.45, 7) is 0.943. The first-order chi connectivity index (χ1) is 13.7. The Morgan fingerprint density at radius 1 is 1.25 bits per heavy atom. The summed E-state index contributed by atoms with van der Waals surface area (Å²) in [4.78, 5) is 16.6. The van der Waals surface area contributed by atoms with E-state index >= 15 is 0 Å². The van der Waals surface area contributed by atoms with Gasteiger partial charge in [-0.15, -0.1) is 11.3 Å². The lowest BCUT2D eigenvalue weighted by molar-refractivity contribution is -0.120. The molecule has 0 radical (unpaired) electrons. The molecule has 0 aliphatic carbocycles. The van der Waals surface area contributed by atoms with Crippen LogP contribution in [0.4, 0.5) is 0 Å². The van der Waals surface area contributed by atoms with Gasteiger partial charge in [0.2, 0.25) is 5.91 Å². The van der Waals surface area contributed by atoms with Crippen LogP contribution in [0.1, 0.15) is 10.6 Å². The molecule has 1 aromatic heterocycles. The first-order valence-corrected chi connectivity index (χ1v) is 9.86. The van der Waals surface area contributed by atoms with Gasteiger partial charge in [0.1, 0.15) is 18.2 Å². The van der Waals surface area contributed by atoms with Crippen LogP contribution in [0.2, 0.25) is 5.02 Å². The molecular weight excluding hydrogens is 398 g/mol. The molecular formula is C20H16ClN3O3S. The minimum Gasteiger partial charge on any atom is -0.486 e. The zero-order valence-electron chi connectivity index (χ0n) is 14.7. The van der Waals surface area contributed by atoms with E-state index in [2.05, 4.69) is 15.5 Å². The first-order valence-electron chi connectivity index (χ1n) is 8.60. The third kappa shape index (κ3) is 4.32. The molecule has 28 heavy (non-hydrogen) atoms. The Morgan fingerprint density at radius 2 is 2.07 bits per heavy atom. The van der Waals surface area contributed by atoms with Gasteiger partial charge in [-0.1, -0.05) is 41.9 Å². The number of carbonyl (C=O) groups is 1. The molecule has 0 spiro atoms. The summed E-state index contributed by atoms with van der Waals surface area (Å²) < 4.78 is 11.0. The third-order valence-electron chi connectivity index (χ3n) is 3.96. The van der Waals surface area contributed by atoms with E-state index in [1.54, 1.807) is 12.1 Å². The van der Waals surface area contributed by atoms with E-state index in [1.165, 1.54) is 17.6 Å². The van der Waals surface area contributed by atoms with E-state index in [-0.39, 0.29) is 12.3 Å². The van der Waals surface area contributed by atoms with Crippen molar-refractivity contribution in [2.45, 2.75) is 6.42 Å². The number of ether oxygens (including phenoxy) is 2. The van der Waals surface area contributed by atoms with Crippen molar-refractivity contribution in [3.05, 3.63) is 63.4 Å². The summed E-state index contributed by atoms with van der Waals surface area (Å²) in [6, 6.07) is 13.3. The predicted octanol–water partition coefficient (Wildman–Crippen LogP) is 3.93. The highest BCUT2D eigenvalue weighted by molar-refractivity contribution is 7.10. The second-order valence-corrected chi connectivity index (χ2v) is 7.34. The topological polar surface area (TPSA) is 72.8 Å². The molecule has 3 aromatic rings. The number of benzene rings is 2. The molecule has 0 saturated heterocycles. The first kappa shape index (κ1) is 18.5. The van der Waals surface area contributed by atoms with E-state index in [0.717, 1.165) is 16.3 Å². The molecule has 0 fully saturated rings. The van der Waals surface area contributed by atoms with Gasteiger partial charge in [0.25, 0.3) is 0 Å². The van der Waals surface area contributed by atoms with Gasteiger partial charge in [0, 0.05) is 10.9 Å². The van der Waals surface area contributed by atoms with E-state index in [1.807, 2.05) is 35.7 Å². The molecule has 0 atom stereocenters. The molecule has 1 aliphatic rings. The summed E-state index contributed by atoms with van der Waals surface area (Å²) >= 11 is 7.64. The van der Waals surface area contributed by atoms with Crippen molar-refractivity contribution in [2.75, 3.05) is 13.2 Å². The number of halogens is 1. The van der Waals surface area contributed by atoms with Crippen molar-refractivity contribution in [3.63, 3.8) is 0 Å². The lowest BCUT2D eigenvalue weighted by Gasteiger charge is -2.19. The number of hydrogen-bond acceptors (Lipinski definition) is 6. The molecule has 0 unspecified atom stereocenters. The average Bonchev–Trinajstić information content (AvgIpc) is 3.17. The fraction of sp³-hybridized carbons (Fsp3) is 0.150. The van der Waals surface area contributed by atoms with Gasteiger partial charge in [0.05, 0.1) is 23.4 Å². The zero-order chi connectivity index (χ0) is 19.3. The highest BCUT2D eigenvalue weighted by atomic mass is 35.5. The lowest BCUT2D eigenvalue weighted by Crippen LogP contribution is -2.19. The summed E-state index contributed by atoms with van der Waals surface area (Å²) in [5, 5.41) is 7.11. The van der Waals surface area contributed by atoms with E-state index in [4.69, 9.17) is 21.1 Å². The number of aromatic nitrogens is 1. The lowest BCUT2D eigenvalue weighted by atomic mass is 10.2. The number of nitrogens with one attached hydrogen (secondary N) is 1. The summed E-state index contributed by atoms with van der Waals surface area (Å²) in [6.07, 6.45) is 1.68. The molecule has 1 amide bonds. The fourth-order valence-electron chi connectivity index (χ4n) is 2.69. The zero-order valence-corrected chi connectivity index (χ0v) is 16.3. The van der Waals surface area contributed by atoms with Crippen molar-refractivity contribution < 1.29 is 14.3 Å². The maximum absolute atomic E-state index is 12.1. The fourth-order valence-corrected chi connectivity index (χ4v) is 3.77. The van der Waals surface area contributed by atoms with Crippen LogP contribution in [0, 0.1) is 0 Å². The van der Waals surface area contributed by atoms with Crippen LogP contribution in [-0.4, -0.2) is 30.3 Å². The summed E-state index contributed by atoms with van der Waals surface area (Å²) in [7, 11) is 0. The van der Waals surface area contributed by atoms with Crippen LogP contribution >= 0.6 is 22.9 Å². The van der Waals surface area contributed by atoms with Crippen molar-refractivity contribution in [2.24, 2.45) is 5.10 Å². The van der Waals surface area contributed by atoms with Crippen LogP contribution in [0.3, 0.4) is 0 Å². The van der Waals surface area contributed by atoms with E-state index in [0.29, 0.717) is 35.3 Å². The Kier molecular flexibility index (Phi) is 5.55. The number of hydrazone groups is 1. The van der Waals surface area contributed by atoms with Gasteiger partial charge in [-0.25, -0.2) is 10.4 Å². The molecule has 1 N–H and O–H groups in total. The third-order valence-corrected chi connectivity index (χ3v) is 5.08. The van der Waals surface area contributed by atoms with Gasteiger partial charge in [0.15, 0.2) is 11.5 Å². The van der Waals surface area contributed by atoms with Gasteiger partial charge >= 0.3 is 0 Å². The quantitative estimate of drug-likeness (QED) is 0.508. The predicted molar refractivity (Wildman–Crippen MR) is 109 cm³/mol. The van der Waals surface area contributed by atoms with Crippen LogP contribution in [0.5, 0.6) is 11.5 Å². The Morgan fingerprint density at radius 3 is 2.93 bits per heavy atom. The van der Waals surface area contributed by atoms with Gasteiger partial charge in [-0.3, -0.25) is 4.79 Å². The standard InChI is InChI=1S/C20H16ClN3O3S/c21-15-8-13(9-17-20(15)27-7-6-26-17)11-22-24-18(25)10-19-23-16(12-28-19)14-4-2-1-3-5-14/h1-5,8-9,11-12H,6-7,10H2,(H,24,25)/b22-11-. The second-order valence-electron chi connectivity index (χ2n) is 5.99. The normalized spacial score (nSPS) is 12.9. The largest absolute Gasteiger partial charge is 0.486 e. The molecule has 4 rings (SSSR count). The number of carbonyl (C=O) groups excluding carboxylic acids is 1. The molecule has 0 bridgehead atoms. The van der Waals surface area contributed by atoms with Crippen molar-refractivity contribution in [3.8, 4) is 22.8 Å². The monoisotopic (exact) mass is 413 g/mol. The molecule has 1 aliphatic heterocycles. The van der Waals surface area contributed by atoms with E-state index in [9.17, 15) is 4.79 Å². The van der Waals surface area contributed by atoms with Gasteiger partial charge < -0.3 is 9.47 Å². The Labute approximate surface area is 170 Å². The highest BCUT2D eigenvalue weighted by Gasteiger charge is 2.16. The van der Waals surface area contributed by atoms with Gasteiger partial charge in [-0.05, 0) is 17.7 Å². The molecule has 142 valence electrons. The smallest absolute Gasteiger partial charge is 0.246 e. The maximum Gasteiger partial charge on any atom is 0.246 e.